The first-order chi connectivity index (χ1) is 13.4. The Hall–Kier alpha value is -2.52. The number of aromatic nitrogens is 5. The Labute approximate surface area is 164 Å². The molecule has 1 aliphatic carbocycles. The zero-order valence-electron chi connectivity index (χ0n) is 16.0. The molecule has 2 aromatic heterocycles. The molecule has 2 unspecified atom stereocenters. The van der Waals surface area contributed by atoms with Gasteiger partial charge in [0.05, 0.1) is 16.9 Å². The van der Waals surface area contributed by atoms with E-state index in [4.69, 9.17) is 0 Å². The van der Waals surface area contributed by atoms with Gasteiger partial charge in [0, 0.05) is 24.0 Å². The van der Waals surface area contributed by atoms with Crippen LogP contribution in [-0.4, -0.2) is 38.8 Å². The second-order valence-electron chi connectivity index (χ2n) is 7.34. The number of sulfonamides is 1. The van der Waals surface area contributed by atoms with Crippen LogP contribution in [-0.2, 0) is 10.0 Å². The number of benzene rings is 1. The predicted octanol–water partition coefficient (Wildman–Crippen LogP) is 2.54. The van der Waals surface area contributed by atoms with E-state index < -0.39 is 10.0 Å². The average molecular weight is 401 g/mol. The molecule has 1 N–H and O–H groups in total. The normalized spacial score (nSPS) is 20.4. The largest absolute Gasteiger partial charge is 0.315 e. The molecule has 3 aromatic rings. The first-order valence-corrected chi connectivity index (χ1v) is 10.9. The van der Waals surface area contributed by atoms with Gasteiger partial charge in [0.1, 0.15) is 12.2 Å². The number of nitrogens with zero attached hydrogens (tertiary/aromatic N) is 5. The van der Waals surface area contributed by atoms with Crippen molar-refractivity contribution in [3.63, 3.8) is 0 Å². The molecule has 8 nitrogen and oxygen atoms in total. The van der Waals surface area contributed by atoms with Gasteiger partial charge in [-0.2, -0.15) is 0 Å². The minimum atomic E-state index is -3.57. The summed E-state index contributed by atoms with van der Waals surface area (Å²) < 4.78 is 32.5. The van der Waals surface area contributed by atoms with Crippen LogP contribution in [0.3, 0.4) is 0 Å². The van der Waals surface area contributed by atoms with E-state index in [1.807, 2.05) is 29.2 Å². The van der Waals surface area contributed by atoms with Crippen LogP contribution in [0.15, 0.2) is 48.0 Å². The second kappa shape index (κ2) is 7.48. The summed E-state index contributed by atoms with van der Waals surface area (Å²) in [6.07, 6.45) is 8.90. The molecule has 2 atom stereocenters. The molecule has 4 rings (SSSR count). The summed E-state index contributed by atoms with van der Waals surface area (Å²) >= 11 is 0. The summed E-state index contributed by atoms with van der Waals surface area (Å²) in [6, 6.07) is 6.98. The van der Waals surface area contributed by atoms with Crippen LogP contribution in [0.2, 0.25) is 0 Å². The zero-order chi connectivity index (χ0) is 19.7. The van der Waals surface area contributed by atoms with Crippen molar-refractivity contribution in [2.75, 3.05) is 0 Å². The van der Waals surface area contributed by atoms with E-state index in [0.717, 1.165) is 42.9 Å². The highest BCUT2D eigenvalue weighted by Gasteiger charge is 2.28. The maximum Gasteiger partial charge on any atom is 0.240 e. The number of hydrogen-bond donors (Lipinski definition) is 1. The van der Waals surface area contributed by atoms with Crippen molar-refractivity contribution < 1.29 is 8.42 Å². The second-order valence-corrected chi connectivity index (χ2v) is 9.05. The summed E-state index contributed by atoms with van der Waals surface area (Å²) in [5.41, 5.74) is 1.79. The monoisotopic (exact) mass is 400 g/mol. The quantitative estimate of drug-likeness (QED) is 0.710. The molecule has 0 spiro atoms. The highest BCUT2D eigenvalue weighted by molar-refractivity contribution is 7.89. The van der Waals surface area contributed by atoms with Gasteiger partial charge in [-0.3, -0.25) is 0 Å². The highest BCUT2D eigenvalue weighted by Crippen LogP contribution is 2.30. The first-order valence-electron chi connectivity index (χ1n) is 9.42. The number of nitrogens with one attached hydrogen (secondary N) is 1. The lowest BCUT2D eigenvalue weighted by atomic mass is 9.91. The van der Waals surface area contributed by atoms with Gasteiger partial charge in [0.2, 0.25) is 10.0 Å². The smallest absolute Gasteiger partial charge is 0.240 e. The summed E-state index contributed by atoms with van der Waals surface area (Å²) in [7, 11) is -3.57. The van der Waals surface area contributed by atoms with E-state index in [1.165, 1.54) is 0 Å². The van der Waals surface area contributed by atoms with Crippen LogP contribution in [0.25, 0.3) is 5.69 Å². The molecule has 9 heteroatoms. The standard InChI is InChI=1S/C19H24N6O2S/c1-14-11-24(12-20-14)17-6-8-19(9-7-17)28(26,27)23-16-4-3-5-18(10-16)25-13-21-22-15(25)2/h6-9,11-13,16,18,23H,3-5,10H2,1-2H3. The summed E-state index contributed by atoms with van der Waals surface area (Å²) in [5, 5.41) is 7.99. The Morgan fingerprint density at radius 3 is 2.54 bits per heavy atom. The van der Waals surface area contributed by atoms with Gasteiger partial charge in [-0.15, -0.1) is 10.2 Å². The molecule has 1 aliphatic rings. The molecule has 148 valence electrons. The minimum Gasteiger partial charge on any atom is -0.315 e. The molecule has 0 amide bonds. The van der Waals surface area contributed by atoms with Crippen LogP contribution >= 0.6 is 0 Å². The van der Waals surface area contributed by atoms with Crippen LogP contribution < -0.4 is 4.72 Å². The molecular formula is C19H24N6O2S. The topological polar surface area (TPSA) is 94.7 Å². The van der Waals surface area contributed by atoms with Crippen molar-refractivity contribution in [3.8, 4) is 5.69 Å². The van der Waals surface area contributed by atoms with Gasteiger partial charge in [-0.05, 0) is 63.8 Å². The zero-order valence-corrected chi connectivity index (χ0v) is 16.8. The van der Waals surface area contributed by atoms with E-state index in [9.17, 15) is 8.42 Å². The van der Waals surface area contributed by atoms with E-state index in [0.29, 0.717) is 0 Å². The third kappa shape index (κ3) is 3.85. The van der Waals surface area contributed by atoms with Crippen molar-refractivity contribution in [1.82, 2.24) is 29.0 Å². The van der Waals surface area contributed by atoms with E-state index in [-0.39, 0.29) is 17.0 Å². The molecular weight excluding hydrogens is 376 g/mol. The molecule has 0 radical (unpaired) electrons. The van der Waals surface area contributed by atoms with Gasteiger partial charge in [0.15, 0.2) is 0 Å². The van der Waals surface area contributed by atoms with Gasteiger partial charge in [-0.25, -0.2) is 18.1 Å². The van der Waals surface area contributed by atoms with Crippen LogP contribution in [0.4, 0.5) is 0 Å². The van der Waals surface area contributed by atoms with Crippen molar-refractivity contribution in [2.45, 2.75) is 56.5 Å². The van der Waals surface area contributed by atoms with Crippen molar-refractivity contribution in [1.29, 1.82) is 0 Å². The summed E-state index contributed by atoms with van der Waals surface area (Å²) in [6.45, 7) is 3.84. The fourth-order valence-electron chi connectivity index (χ4n) is 3.83. The fourth-order valence-corrected chi connectivity index (χ4v) is 5.11. The third-order valence-corrected chi connectivity index (χ3v) is 6.81. The Morgan fingerprint density at radius 2 is 1.89 bits per heavy atom. The third-order valence-electron chi connectivity index (χ3n) is 5.27. The number of imidazole rings is 1. The summed E-state index contributed by atoms with van der Waals surface area (Å²) in [4.78, 5) is 4.47. The van der Waals surface area contributed by atoms with Gasteiger partial charge in [-0.1, -0.05) is 0 Å². The van der Waals surface area contributed by atoms with Gasteiger partial charge >= 0.3 is 0 Å². The predicted molar refractivity (Wildman–Crippen MR) is 105 cm³/mol. The minimum absolute atomic E-state index is 0.0958. The molecule has 2 heterocycles. The maximum absolute atomic E-state index is 12.9. The number of hydrogen-bond acceptors (Lipinski definition) is 5. The van der Waals surface area contributed by atoms with Gasteiger partial charge in [0.25, 0.3) is 0 Å². The Balaban J connectivity index is 1.47. The van der Waals surface area contributed by atoms with Crippen LogP contribution in [0, 0.1) is 13.8 Å². The molecule has 1 aromatic carbocycles. The van der Waals surface area contributed by atoms with Crippen molar-refractivity contribution in [3.05, 3.63) is 54.6 Å². The van der Waals surface area contributed by atoms with Gasteiger partial charge < -0.3 is 9.13 Å². The van der Waals surface area contributed by atoms with E-state index >= 15 is 0 Å². The average Bonchev–Trinajstić information content (AvgIpc) is 3.30. The van der Waals surface area contributed by atoms with E-state index in [1.54, 1.807) is 36.9 Å². The van der Waals surface area contributed by atoms with Crippen LogP contribution in [0.1, 0.15) is 43.2 Å². The lowest BCUT2D eigenvalue weighted by molar-refractivity contribution is 0.302. The summed E-state index contributed by atoms with van der Waals surface area (Å²) in [5.74, 6) is 0.860. The lowest BCUT2D eigenvalue weighted by Crippen LogP contribution is -2.38. The molecule has 0 aliphatic heterocycles. The first kappa shape index (κ1) is 18.8. The number of aryl methyl sites for hydroxylation is 2. The lowest BCUT2D eigenvalue weighted by Gasteiger charge is -2.30. The molecule has 0 bridgehead atoms. The molecule has 1 fully saturated rings. The molecule has 28 heavy (non-hydrogen) atoms. The maximum atomic E-state index is 12.9. The number of rotatable bonds is 5. The van der Waals surface area contributed by atoms with E-state index in [2.05, 4.69) is 19.9 Å². The van der Waals surface area contributed by atoms with Crippen LogP contribution in [0.5, 0.6) is 0 Å². The molecule has 1 saturated carbocycles. The Morgan fingerprint density at radius 1 is 1.11 bits per heavy atom. The SMILES string of the molecule is Cc1cn(-c2ccc(S(=O)(=O)NC3CCCC(n4cnnc4C)C3)cc2)cn1. The molecule has 0 saturated heterocycles. The Bertz CT molecular complexity index is 1050. The van der Waals surface area contributed by atoms with Crippen molar-refractivity contribution >= 4 is 10.0 Å². The highest BCUT2D eigenvalue weighted by atomic mass is 32.2. The Kier molecular flexibility index (Phi) is 5.03. The fraction of sp³-hybridized carbons (Fsp3) is 0.421. The van der Waals surface area contributed by atoms with Crippen molar-refractivity contribution in [2.24, 2.45) is 0 Å².